The third kappa shape index (κ3) is 5.84. The van der Waals surface area contributed by atoms with E-state index in [4.69, 9.17) is 23.7 Å². The molecule has 0 saturated heterocycles. The van der Waals surface area contributed by atoms with Crippen molar-refractivity contribution in [3.8, 4) is 17.2 Å². The summed E-state index contributed by atoms with van der Waals surface area (Å²) in [7, 11) is 6.63. The van der Waals surface area contributed by atoms with Gasteiger partial charge >= 0.3 is 11.9 Å². The molecule has 0 saturated carbocycles. The standard InChI is InChI=1S/C27H26N2O9/c1-34-21-13-15(26(32)37-4)9-11-19(21)28-24(30)17-7-6-8-18(23(17)36-3)25(31)29-20-12-10-16(27(33)38-5)14-22(20)35-2/h6-14H,1-5H3,(H,28,30)(H,29,31). The van der Waals surface area contributed by atoms with E-state index in [0.717, 1.165) is 0 Å². The molecule has 0 aromatic heterocycles. The summed E-state index contributed by atoms with van der Waals surface area (Å²) in [4.78, 5) is 49.9. The molecule has 11 nitrogen and oxygen atoms in total. The highest BCUT2D eigenvalue weighted by atomic mass is 16.5. The first-order valence-electron chi connectivity index (χ1n) is 11.1. The monoisotopic (exact) mass is 522 g/mol. The minimum atomic E-state index is -0.583. The Morgan fingerprint density at radius 2 is 1.00 bits per heavy atom. The zero-order valence-corrected chi connectivity index (χ0v) is 21.4. The maximum absolute atomic E-state index is 13.2. The molecular weight excluding hydrogens is 496 g/mol. The summed E-state index contributed by atoms with van der Waals surface area (Å²) in [5.74, 6) is -1.79. The Bertz CT molecular complexity index is 1290. The summed E-state index contributed by atoms with van der Waals surface area (Å²) in [6.45, 7) is 0. The highest BCUT2D eigenvalue weighted by Gasteiger charge is 2.22. The van der Waals surface area contributed by atoms with E-state index in [9.17, 15) is 19.2 Å². The van der Waals surface area contributed by atoms with Crippen LogP contribution in [-0.2, 0) is 9.47 Å². The highest BCUT2D eigenvalue weighted by Crippen LogP contribution is 2.31. The summed E-state index contributed by atoms with van der Waals surface area (Å²) in [6, 6.07) is 13.3. The first-order chi connectivity index (χ1) is 18.3. The Kier molecular flexibility index (Phi) is 8.88. The Morgan fingerprint density at radius 1 is 0.579 bits per heavy atom. The maximum Gasteiger partial charge on any atom is 0.337 e. The number of rotatable bonds is 9. The van der Waals surface area contributed by atoms with Crippen molar-refractivity contribution in [2.45, 2.75) is 0 Å². The van der Waals surface area contributed by atoms with Gasteiger partial charge in [0, 0.05) is 0 Å². The second kappa shape index (κ2) is 12.3. The molecule has 0 aliphatic rings. The molecule has 38 heavy (non-hydrogen) atoms. The van der Waals surface area contributed by atoms with Crippen molar-refractivity contribution in [1.82, 2.24) is 0 Å². The van der Waals surface area contributed by atoms with Crippen LogP contribution in [0.1, 0.15) is 41.4 Å². The summed E-state index contributed by atoms with van der Waals surface area (Å²) in [6.07, 6.45) is 0. The second-order valence-corrected chi connectivity index (χ2v) is 7.61. The molecule has 3 aromatic carbocycles. The lowest BCUT2D eigenvalue weighted by Crippen LogP contribution is -2.18. The largest absolute Gasteiger partial charge is 0.495 e. The predicted molar refractivity (Wildman–Crippen MR) is 138 cm³/mol. The Balaban J connectivity index is 1.89. The van der Waals surface area contributed by atoms with Gasteiger partial charge in [0.15, 0.2) is 0 Å². The molecule has 0 bridgehead atoms. The van der Waals surface area contributed by atoms with Crippen molar-refractivity contribution in [2.75, 3.05) is 46.2 Å². The molecule has 0 spiro atoms. The van der Waals surface area contributed by atoms with Crippen LogP contribution in [0.3, 0.4) is 0 Å². The number of anilines is 2. The number of benzene rings is 3. The number of hydrogen-bond donors (Lipinski definition) is 2. The molecular formula is C27H26N2O9. The van der Waals surface area contributed by atoms with Gasteiger partial charge in [-0.1, -0.05) is 6.07 Å². The molecule has 0 unspecified atom stereocenters. The van der Waals surface area contributed by atoms with Crippen molar-refractivity contribution >= 4 is 35.1 Å². The summed E-state index contributed by atoms with van der Waals surface area (Å²) in [5, 5.41) is 5.40. The van der Waals surface area contributed by atoms with E-state index in [1.807, 2.05) is 0 Å². The lowest BCUT2D eigenvalue weighted by Gasteiger charge is -2.16. The second-order valence-electron chi connectivity index (χ2n) is 7.61. The molecule has 2 N–H and O–H groups in total. The smallest absolute Gasteiger partial charge is 0.337 e. The molecule has 2 amide bonds. The number of esters is 2. The van der Waals surface area contributed by atoms with Crippen LogP contribution in [0.2, 0.25) is 0 Å². The zero-order chi connectivity index (χ0) is 27.8. The summed E-state index contributed by atoms with van der Waals surface area (Å²) >= 11 is 0. The fourth-order valence-electron chi connectivity index (χ4n) is 3.57. The maximum atomic E-state index is 13.2. The first kappa shape index (κ1) is 27.5. The zero-order valence-electron chi connectivity index (χ0n) is 21.4. The Labute approximate surface area is 218 Å². The molecule has 3 aromatic rings. The van der Waals surface area contributed by atoms with Crippen molar-refractivity contribution in [3.63, 3.8) is 0 Å². The van der Waals surface area contributed by atoms with E-state index in [1.165, 1.54) is 90.1 Å². The average Bonchev–Trinajstić information content (AvgIpc) is 2.95. The van der Waals surface area contributed by atoms with E-state index >= 15 is 0 Å². The van der Waals surface area contributed by atoms with Gasteiger partial charge in [-0.25, -0.2) is 9.59 Å². The molecule has 11 heteroatoms. The van der Waals surface area contributed by atoms with Gasteiger partial charge in [-0.3, -0.25) is 9.59 Å². The molecule has 0 radical (unpaired) electrons. The van der Waals surface area contributed by atoms with Gasteiger partial charge in [0.1, 0.15) is 17.2 Å². The normalized spacial score (nSPS) is 10.1. The predicted octanol–water partition coefficient (Wildman–Crippen LogP) is 3.79. The number of carbonyl (C=O) groups excluding carboxylic acids is 4. The van der Waals surface area contributed by atoms with Crippen LogP contribution in [0.4, 0.5) is 11.4 Å². The number of para-hydroxylation sites is 1. The SMILES string of the molecule is COC(=O)c1ccc(NC(=O)c2cccc(C(=O)Nc3ccc(C(=O)OC)cc3OC)c2OC)c(OC)c1. The molecule has 198 valence electrons. The molecule has 0 aliphatic carbocycles. The number of amides is 2. The fourth-order valence-corrected chi connectivity index (χ4v) is 3.57. The van der Waals surface area contributed by atoms with Crippen LogP contribution in [0.15, 0.2) is 54.6 Å². The van der Waals surface area contributed by atoms with Gasteiger partial charge in [-0.2, -0.15) is 0 Å². The lowest BCUT2D eigenvalue weighted by molar-refractivity contribution is 0.0591. The molecule has 0 fully saturated rings. The number of nitrogens with one attached hydrogen (secondary N) is 2. The fraction of sp³-hybridized carbons (Fsp3) is 0.185. The first-order valence-corrected chi connectivity index (χ1v) is 11.1. The van der Waals surface area contributed by atoms with Gasteiger partial charge < -0.3 is 34.3 Å². The molecule has 3 rings (SSSR count). The van der Waals surface area contributed by atoms with Gasteiger partial charge in [-0.05, 0) is 48.5 Å². The van der Waals surface area contributed by atoms with E-state index in [-0.39, 0.29) is 50.9 Å². The Morgan fingerprint density at radius 3 is 1.34 bits per heavy atom. The highest BCUT2D eigenvalue weighted by molar-refractivity contribution is 6.13. The van der Waals surface area contributed by atoms with E-state index in [0.29, 0.717) is 0 Å². The van der Waals surface area contributed by atoms with Crippen molar-refractivity contribution in [3.05, 3.63) is 76.9 Å². The Hall–Kier alpha value is -5.06. The number of hydrogen-bond acceptors (Lipinski definition) is 9. The average molecular weight is 523 g/mol. The van der Waals surface area contributed by atoms with Crippen LogP contribution in [-0.4, -0.2) is 59.3 Å². The van der Waals surface area contributed by atoms with E-state index in [1.54, 1.807) is 0 Å². The van der Waals surface area contributed by atoms with Crippen molar-refractivity contribution in [1.29, 1.82) is 0 Å². The van der Waals surface area contributed by atoms with Crippen molar-refractivity contribution < 1.29 is 42.9 Å². The van der Waals surface area contributed by atoms with Gasteiger partial charge in [-0.15, -0.1) is 0 Å². The van der Waals surface area contributed by atoms with Gasteiger partial charge in [0.2, 0.25) is 0 Å². The number of methoxy groups -OCH3 is 5. The molecule has 0 aliphatic heterocycles. The van der Waals surface area contributed by atoms with Gasteiger partial charge in [0.05, 0.1) is 69.2 Å². The van der Waals surface area contributed by atoms with E-state index < -0.39 is 23.8 Å². The molecule has 0 atom stereocenters. The van der Waals surface area contributed by atoms with Crippen LogP contribution in [0.25, 0.3) is 0 Å². The topological polar surface area (TPSA) is 138 Å². The quantitative estimate of drug-likeness (QED) is 0.402. The number of ether oxygens (including phenoxy) is 5. The van der Waals surface area contributed by atoms with E-state index in [2.05, 4.69) is 10.6 Å². The molecule has 0 heterocycles. The van der Waals surface area contributed by atoms with Crippen molar-refractivity contribution in [2.24, 2.45) is 0 Å². The number of carbonyl (C=O) groups is 4. The lowest BCUT2D eigenvalue weighted by atomic mass is 10.1. The van der Waals surface area contributed by atoms with Crippen LogP contribution in [0.5, 0.6) is 17.2 Å². The van der Waals surface area contributed by atoms with Crippen LogP contribution < -0.4 is 24.8 Å². The van der Waals surface area contributed by atoms with Crippen LogP contribution in [0, 0.1) is 0 Å². The third-order valence-electron chi connectivity index (χ3n) is 5.45. The minimum absolute atomic E-state index is 0.0257. The minimum Gasteiger partial charge on any atom is -0.495 e. The summed E-state index contributed by atoms with van der Waals surface area (Å²) < 4.78 is 25.4. The third-order valence-corrected chi connectivity index (χ3v) is 5.45. The van der Waals surface area contributed by atoms with Crippen LogP contribution >= 0.6 is 0 Å². The summed E-state index contributed by atoms with van der Waals surface area (Å²) in [5.41, 5.74) is 1.22. The van der Waals surface area contributed by atoms with Gasteiger partial charge in [0.25, 0.3) is 11.8 Å².